The fourth-order valence-electron chi connectivity index (χ4n) is 4.31. The predicted octanol–water partition coefficient (Wildman–Crippen LogP) is 2.39. The van der Waals surface area contributed by atoms with Gasteiger partial charge in [-0.3, -0.25) is 9.10 Å². The number of rotatable bonds is 3. The number of carbonyl (C=O) groups excluding carboxylic acids is 1. The molecule has 160 valence electrons. The molecular weight excluding hydrogens is 400 g/mol. The zero-order chi connectivity index (χ0) is 21.5. The number of carbonyl (C=O) groups is 1. The van der Waals surface area contributed by atoms with E-state index >= 15 is 0 Å². The highest BCUT2D eigenvalue weighted by Crippen LogP contribution is 2.29. The molecule has 2 fully saturated rings. The summed E-state index contributed by atoms with van der Waals surface area (Å²) >= 11 is 0. The van der Waals surface area contributed by atoms with Crippen LogP contribution in [0.2, 0.25) is 0 Å². The molecule has 4 rings (SSSR count). The van der Waals surface area contributed by atoms with Crippen LogP contribution in [0.25, 0.3) is 0 Å². The molecule has 2 saturated heterocycles. The van der Waals surface area contributed by atoms with Gasteiger partial charge in [-0.1, -0.05) is 17.7 Å². The van der Waals surface area contributed by atoms with Crippen LogP contribution in [0.5, 0.6) is 0 Å². The first-order valence-corrected chi connectivity index (χ1v) is 11.9. The highest BCUT2D eigenvalue weighted by molar-refractivity contribution is 7.93. The molecule has 2 aliphatic rings. The van der Waals surface area contributed by atoms with E-state index in [1.165, 1.54) is 21.1 Å². The van der Waals surface area contributed by atoms with Gasteiger partial charge >= 0.3 is 0 Å². The second-order valence-corrected chi connectivity index (χ2v) is 10.1. The van der Waals surface area contributed by atoms with E-state index in [0.717, 1.165) is 13.1 Å². The van der Waals surface area contributed by atoms with E-state index in [0.29, 0.717) is 43.0 Å². The lowest BCUT2D eigenvalue weighted by Crippen LogP contribution is -2.49. The fraction of sp³-hybridized carbons (Fsp3) is 0.409. The van der Waals surface area contributed by atoms with Crippen molar-refractivity contribution in [2.75, 3.05) is 53.4 Å². The van der Waals surface area contributed by atoms with Crippen LogP contribution in [-0.2, 0) is 10.0 Å². The number of nitrogens with two attached hydrogens (primary N) is 1. The Bertz CT molecular complexity index is 1080. The van der Waals surface area contributed by atoms with Crippen molar-refractivity contribution in [3.05, 3.63) is 53.1 Å². The number of hydrogen-bond donors (Lipinski definition) is 1. The first kappa shape index (κ1) is 20.5. The molecule has 2 aromatic rings. The lowest BCUT2D eigenvalue weighted by molar-refractivity contribution is 0.0748. The van der Waals surface area contributed by atoms with Crippen LogP contribution >= 0.6 is 0 Å². The van der Waals surface area contributed by atoms with Gasteiger partial charge in [0.15, 0.2) is 0 Å². The molecule has 0 aliphatic carbocycles. The lowest BCUT2D eigenvalue weighted by Gasteiger charge is -2.37. The number of anilines is 3. The van der Waals surface area contributed by atoms with Crippen molar-refractivity contribution >= 4 is 33.0 Å². The van der Waals surface area contributed by atoms with Crippen LogP contribution in [0.1, 0.15) is 27.9 Å². The van der Waals surface area contributed by atoms with Crippen molar-refractivity contribution in [1.82, 2.24) is 4.90 Å². The van der Waals surface area contributed by atoms with Crippen molar-refractivity contribution in [3.63, 3.8) is 0 Å². The topological polar surface area (TPSA) is 87.0 Å². The van der Waals surface area contributed by atoms with E-state index in [4.69, 9.17) is 5.73 Å². The van der Waals surface area contributed by atoms with Gasteiger partial charge in [0, 0.05) is 44.1 Å². The van der Waals surface area contributed by atoms with Crippen LogP contribution < -0.4 is 14.9 Å². The normalized spacial score (nSPS) is 18.7. The Balaban J connectivity index is 1.45. The third-order valence-corrected chi connectivity index (χ3v) is 7.78. The molecule has 0 spiro atoms. The Morgan fingerprint density at radius 2 is 1.70 bits per heavy atom. The molecule has 0 aromatic heterocycles. The van der Waals surface area contributed by atoms with Crippen molar-refractivity contribution in [1.29, 1.82) is 0 Å². The molecule has 0 saturated carbocycles. The minimum Gasteiger partial charge on any atom is -0.398 e. The third kappa shape index (κ3) is 3.84. The van der Waals surface area contributed by atoms with Crippen LogP contribution in [0, 0.1) is 13.8 Å². The van der Waals surface area contributed by atoms with E-state index in [-0.39, 0.29) is 11.7 Å². The summed E-state index contributed by atoms with van der Waals surface area (Å²) in [4.78, 5) is 17.2. The standard InChI is InChI=1S/C22H28N4O3S/c1-16-4-7-21(17(2)14-16)24-9-11-25(12-10-24)22(27)19-6-5-18(15-20(19)23)26-8-3-13-30(26,28)29/h4-7,14-15H,3,8-13,23H2,1-2H3. The van der Waals surface area contributed by atoms with Crippen molar-refractivity contribution in [3.8, 4) is 0 Å². The van der Waals surface area contributed by atoms with E-state index in [9.17, 15) is 13.2 Å². The molecule has 2 aliphatic heterocycles. The average molecular weight is 429 g/mol. The summed E-state index contributed by atoms with van der Waals surface area (Å²) in [5.41, 5.74) is 11.1. The molecule has 7 nitrogen and oxygen atoms in total. The van der Waals surface area contributed by atoms with Crippen molar-refractivity contribution in [2.24, 2.45) is 0 Å². The van der Waals surface area contributed by atoms with E-state index in [1.807, 2.05) is 4.90 Å². The molecular formula is C22H28N4O3S. The summed E-state index contributed by atoms with van der Waals surface area (Å²) in [6.45, 7) is 7.42. The maximum absolute atomic E-state index is 13.0. The maximum atomic E-state index is 13.0. The summed E-state index contributed by atoms with van der Waals surface area (Å²) in [5.74, 6) is 0.0433. The molecule has 2 heterocycles. The quantitative estimate of drug-likeness (QED) is 0.759. The van der Waals surface area contributed by atoms with Gasteiger partial charge in [-0.25, -0.2) is 8.42 Å². The van der Waals surface area contributed by atoms with Gasteiger partial charge in [0.2, 0.25) is 10.0 Å². The smallest absolute Gasteiger partial charge is 0.256 e. The Hall–Kier alpha value is -2.74. The van der Waals surface area contributed by atoms with Gasteiger partial charge in [-0.15, -0.1) is 0 Å². The minimum atomic E-state index is -3.27. The minimum absolute atomic E-state index is 0.108. The van der Waals surface area contributed by atoms with Crippen LogP contribution in [0.3, 0.4) is 0 Å². The van der Waals surface area contributed by atoms with Crippen LogP contribution in [0.4, 0.5) is 17.1 Å². The summed E-state index contributed by atoms with van der Waals surface area (Å²) in [7, 11) is -3.27. The highest BCUT2D eigenvalue weighted by Gasteiger charge is 2.30. The number of aryl methyl sites for hydroxylation is 2. The SMILES string of the molecule is Cc1ccc(N2CCN(C(=O)c3ccc(N4CCCS4(=O)=O)cc3N)CC2)c(C)c1. The van der Waals surface area contributed by atoms with Gasteiger partial charge in [-0.2, -0.15) is 0 Å². The molecule has 1 amide bonds. The predicted molar refractivity (Wildman–Crippen MR) is 121 cm³/mol. The average Bonchev–Trinajstić information content (AvgIpc) is 3.06. The summed E-state index contributed by atoms with van der Waals surface area (Å²) in [6, 6.07) is 11.4. The zero-order valence-corrected chi connectivity index (χ0v) is 18.3. The Morgan fingerprint density at radius 1 is 0.967 bits per heavy atom. The van der Waals surface area contributed by atoms with Crippen LogP contribution in [-0.4, -0.2) is 57.7 Å². The second kappa shape index (κ2) is 7.83. The second-order valence-electron chi connectivity index (χ2n) is 8.08. The maximum Gasteiger partial charge on any atom is 0.256 e. The van der Waals surface area contributed by atoms with Crippen molar-refractivity contribution in [2.45, 2.75) is 20.3 Å². The Kier molecular flexibility index (Phi) is 5.36. The monoisotopic (exact) mass is 428 g/mol. The number of piperazine rings is 1. The molecule has 0 radical (unpaired) electrons. The highest BCUT2D eigenvalue weighted by atomic mass is 32.2. The van der Waals surface area contributed by atoms with Gasteiger partial charge in [0.1, 0.15) is 0 Å². The molecule has 2 N–H and O–H groups in total. The first-order valence-electron chi connectivity index (χ1n) is 10.3. The van der Waals surface area contributed by atoms with Crippen LogP contribution in [0.15, 0.2) is 36.4 Å². The molecule has 30 heavy (non-hydrogen) atoms. The summed E-state index contributed by atoms with van der Waals surface area (Å²) in [5, 5.41) is 0. The van der Waals surface area contributed by atoms with Crippen molar-refractivity contribution < 1.29 is 13.2 Å². The number of hydrogen-bond acceptors (Lipinski definition) is 5. The molecule has 8 heteroatoms. The largest absolute Gasteiger partial charge is 0.398 e. The number of nitrogen functional groups attached to an aromatic ring is 1. The number of sulfonamides is 1. The fourth-order valence-corrected chi connectivity index (χ4v) is 5.87. The zero-order valence-electron chi connectivity index (χ0n) is 17.5. The summed E-state index contributed by atoms with van der Waals surface area (Å²) < 4.78 is 25.6. The van der Waals surface area contributed by atoms with Gasteiger partial charge in [0.05, 0.1) is 17.0 Å². The first-order chi connectivity index (χ1) is 14.3. The molecule has 2 aromatic carbocycles. The van der Waals surface area contributed by atoms with Gasteiger partial charge in [0.25, 0.3) is 5.91 Å². The molecule has 0 atom stereocenters. The number of benzene rings is 2. The Morgan fingerprint density at radius 3 is 2.30 bits per heavy atom. The molecule has 0 bridgehead atoms. The van der Waals surface area contributed by atoms with E-state index in [1.54, 1.807) is 18.2 Å². The van der Waals surface area contributed by atoms with Gasteiger partial charge in [-0.05, 0) is 50.1 Å². The molecule has 0 unspecified atom stereocenters. The van der Waals surface area contributed by atoms with E-state index < -0.39 is 10.0 Å². The number of amides is 1. The van der Waals surface area contributed by atoms with Gasteiger partial charge < -0.3 is 15.5 Å². The summed E-state index contributed by atoms with van der Waals surface area (Å²) in [6.07, 6.45) is 0.605. The Labute approximate surface area is 178 Å². The lowest BCUT2D eigenvalue weighted by atomic mass is 10.1. The number of nitrogens with zero attached hydrogens (tertiary/aromatic N) is 3. The third-order valence-electron chi connectivity index (χ3n) is 5.91. The van der Waals surface area contributed by atoms with E-state index in [2.05, 4.69) is 36.9 Å².